The van der Waals surface area contributed by atoms with Crippen molar-refractivity contribution in [2.75, 3.05) is 22.1 Å². The average Bonchev–Trinajstić information content (AvgIpc) is 3.13. The van der Waals surface area contributed by atoms with Gasteiger partial charge in [-0.2, -0.15) is 0 Å². The Bertz CT molecular complexity index is 1090. The van der Waals surface area contributed by atoms with Crippen molar-refractivity contribution in [3.63, 3.8) is 0 Å². The van der Waals surface area contributed by atoms with Gasteiger partial charge in [0.25, 0.3) is 0 Å². The number of fused-ring (bicyclic) bond motifs is 1. The van der Waals surface area contributed by atoms with Gasteiger partial charge in [0, 0.05) is 18.3 Å². The molecule has 3 aromatic rings. The van der Waals surface area contributed by atoms with Crippen molar-refractivity contribution in [3.8, 4) is 11.4 Å². The molecular formula is C20H21N7O2. The van der Waals surface area contributed by atoms with E-state index < -0.39 is 5.54 Å². The van der Waals surface area contributed by atoms with Crippen LogP contribution in [0.25, 0.3) is 11.4 Å². The van der Waals surface area contributed by atoms with E-state index in [0.717, 1.165) is 11.3 Å². The van der Waals surface area contributed by atoms with E-state index in [0.29, 0.717) is 17.2 Å². The van der Waals surface area contributed by atoms with E-state index in [4.69, 9.17) is 0 Å². The maximum absolute atomic E-state index is 13.1. The topological polar surface area (TPSA) is 105 Å². The molecule has 0 atom stereocenters. The first-order valence-corrected chi connectivity index (χ1v) is 9.18. The molecule has 0 spiro atoms. The third kappa shape index (κ3) is 3.31. The lowest BCUT2D eigenvalue weighted by Crippen LogP contribution is -2.59. The van der Waals surface area contributed by atoms with E-state index in [1.807, 2.05) is 42.5 Å². The van der Waals surface area contributed by atoms with Gasteiger partial charge in [0.2, 0.25) is 11.8 Å². The molecule has 0 fully saturated rings. The Labute approximate surface area is 167 Å². The van der Waals surface area contributed by atoms with Crippen LogP contribution in [0, 0.1) is 0 Å². The molecule has 0 radical (unpaired) electrons. The molecule has 9 heteroatoms. The number of carbonyl (C=O) groups excluding carboxylic acids is 2. The largest absolute Gasteiger partial charge is 0.376 e. The Kier molecular flexibility index (Phi) is 4.50. The van der Waals surface area contributed by atoms with Crippen molar-refractivity contribution in [2.24, 2.45) is 7.05 Å². The second-order valence-corrected chi connectivity index (χ2v) is 7.32. The number of para-hydroxylation sites is 2. The average molecular weight is 391 g/mol. The Morgan fingerprint density at radius 1 is 1.17 bits per heavy atom. The second kappa shape index (κ2) is 7.01. The summed E-state index contributed by atoms with van der Waals surface area (Å²) in [7, 11) is 1.76. The first-order valence-electron chi connectivity index (χ1n) is 9.18. The summed E-state index contributed by atoms with van der Waals surface area (Å²) >= 11 is 0. The van der Waals surface area contributed by atoms with Gasteiger partial charge in [-0.15, -0.1) is 5.10 Å². The fourth-order valence-electron chi connectivity index (χ4n) is 3.40. The van der Waals surface area contributed by atoms with Crippen LogP contribution in [0.15, 0.2) is 48.5 Å². The van der Waals surface area contributed by atoms with Gasteiger partial charge in [-0.3, -0.25) is 14.5 Å². The number of tetrazole rings is 1. The lowest BCUT2D eigenvalue weighted by molar-refractivity contribution is -0.125. The van der Waals surface area contributed by atoms with Crippen LogP contribution < -0.4 is 15.5 Å². The molecular weight excluding hydrogens is 370 g/mol. The summed E-state index contributed by atoms with van der Waals surface area (Å²) in [6.45, 7) is 3.50. The normalized spacial score (nSPS) is 14.9. The zero-order chi connectivity index (χ0) is 20.6. The van der Waals surface area contributed by atoms with Crippen molar-refractivity contribution < 1.29 is 9.59 Å². The number of anilines is 3. The van der Waals surface area contributed by atoms with E-state index in [1.54, 1.807) is 36.5 Å². The van der Waals surface area contributed by atoms with Crippen LogP contribution in [0.5, 0.6) is 0 Å². The molecule has 0 aliphatic carbocycles. The van der Waals surface area contributed by atoms with Gasteiger partial charge in [0.1, 0.15) is 5.54 Å². The second-order valence-electron chi connectivity index (χ2n) is 7.32. The number of nitrogens with one attached hydrogen (secondary N) is 2. The van der Waals surface area contributed by atoms with Gasteiger partial charge in [0.15, 0.2) is 5.82 Å². The van der Waals surface area contributed by atoms with Crippen molar-refractivity contribution in [3.05, 3.63) is 48.5 Å². The molecule has 4 rings (SSSR count). The number of benzene rings is 2. The highest BCUT2D eigenvalue weighted by Gasteiger charge is 2.43. The quantitative estimate of drug-likeness (QED) is 0.705. The first-order chi connectivity index (χ1) is 13.9. The Hall–Kier alpha value is -3.75. The highest BCUT2D eigenvalue weighted by Crippen LogP contribution is 2.36. The fraction of sp³-hybridized carbons (Fsp3) is 0.250. The van der Waals surface area contributed by atoms with Crippen molar-refractivity contribution >= 4 is 28.9 Å². The maximum Gasteiger partial charge on any atom is 0.250 e. The molecule has 1 aromatic heterocycles. The number of hydrogen-bond donors (Lipinski definition) is 2. The zero-order valence-corrected chi connectivity index (χ0v) is 16.4. The van der Waals surface area contributed by atoms with Gasteiger partial charge in [-0.1, -0.05) is 24.3 Å². The van der Waals surface area contributed by atoms with Crippen LogP contribution in [0.3, 0.4) is 0 Å². The standard InChI is InChI=1S/C20H21N7O2/c1-20(2)19(29)22-15-9-4-5-10-16(15)27(20)17(28)12-21-14-8-6-7-13(11-14)18-23-24-25-26(18)3/h4-11,21H,12H2,1-3H3,(H,22,29). The van der Waals surface area contributed by atoms with Crippen LogP contribution in [-0.2, 0) is 16.6 Å². The molecule has 2 heterocycles. The molecule has 29 heavy (non-hydrogen) atoms. The number of amides is 2. The van der Waals surface area contributed by atoms with Gasteiger partial charge in [0.05, 0.1) is 17.9 Å². The molecule has 2 aromatic carbocycles. The summed E-state index contributed by atoms with van der Waals surface area (Å²) in [6, 6.07) is 14.8. The van der Waals surface area contributed by atoms with E-state index in [1.165, 1.54) is 0 Å². The lowest BCUT2D eigenvalue weighted by atomic mass is 9.96. The number of hydrogen-bond acceptors (Lipinski definition) is 6. The van der Waals surface area contributed by atoms with E-state index in [-0.39, 0.29) is 18.4 Å². The van der Waals surface area contributed by atoms with Crippen LogP contribution in [0.4, 0.5) is 17.1 Å². The summed E-state index contributed by atoms with van der Waals surface area (Å²) in [5, 5.41) is 17.5. The Morgan fingerprint density at radius 3 is 2.72 bits per heavy atom. The van der Waals surface area contributed by atoms with Gasteiger partial charge in [-0.25, -0.2) is 4.68 Å². The lowest BCUT2D eigenvalue weighted by Gasteiger charge is -2.42. The number of rotatable bonds is 4. The predicted octanol–water partition coefficient (Wildman–Crippen LogP) is 2.05. The Balaban J connectivity index is 1.56. The van der Waals surface area contributed by atoms with E-state index in [2.05, 4.69) is 26.2 Å². The zero-order valence-electron chi connectivity index (χ0n) is 16.4. The molecule has 148 valence electrons. The summed E-state index contributed by atoms with van der Waals surface area (Å²) in [4.78, 5) is 27.2. The molecule has 1 aliphatic heterocycles. The minimum Gasteiger partial charge on any atom is -0.376 e. The molecule has 2 N–H and O–H groups in total. The summed E-state index contributed by atoms with van der Waals surface area (Å²) in [5.74, 6) is 0.201. The van der Waals surface area contributed by atoms with Gasteiger partial charge >= 0.3 is 0 Å². The highest BCUT2D eigenvalue weighted by molar-refractivity contribution is 6.14. The van der Waals surface area contributed by atoms with Crippen LogP contribution in [0.2, 0.25) is 0 Å². The number of aromatic nitrogens is 4. The third-order valence-corrected chi connectivity index (χ3v) is 4.94. The SMILES string of the molecule is Cn1nnnc1-c1cccc(NCC(=O)N2c3ccccc3NC(=O)C2(C)C)c1. The molecule has 0 saturated heterocycles. The van der Waals surface area contributed by atoms with Crippen LogP contribution >= 0.6 is 0 Å². The summed E-state index contributed by atoms with van der Waals surface area (Å²) in [6.07, 6.45) is 0. The van der Waals surface area contributed by atoms with Crippen molar-refractivity contribution in [1.82, 2.24) is 20.2 Å². The molecule has 0 unspecified atom stereocenters. The minimum atomic E-state index is -1.00. The van der Waals surface area contributed by atoms with Gasteiger partial charge < -0.3 is 10.6 Å². The van der Waals surface area contributed by atoms with Gasteiger partial charge in [-0.05, 0) is 48.5 Å². The van der Waals surface area contributed by atoms with E-state index >= 15 is 0 Å². The van der Waals surface area contributed by atoms with Crippen molar-refractivity contribution in [2.45, 2.75) is 19.4 Å². The Morgan fingerprint density at radius 2 is 1.97 bits per heavy atom. The first kappa shape index (κ1) is 18.6. The monoisotopic (exact) mass is 391 g/mol. The molecule has 2 amide bonds. The summed E-state index contributed by atoms with van der Waals surface area (Å²) in [5.41, 5.74) is 1.90. The fourth-order valence-corrected chi connectivity index (χ4v) is 3.40. The molecule has 0 saturated carbocycles. The smallest absolute Gasteiger partial charge is 0.250 e. The van der Waals surface area contributed by atoms with Crippen LogP contribution in [0.1, 0.15) is 13.8 Å². The van der Waals surface area contributed by atoms with Crippen LogP contribution in [-0.4, -0.2) is 44.1 Å². The van der Waals surface area contributed by atoms with Crippen molar-refractivity contribution in [1.29, 1.82) is 0 Å². The maximum atomic E-state index is 13.1. The van der Waals surface area contributed by atoms with E-state index in [9.17, 15) is 9.59 Å². The predicted molar refractivity (Wildman–Crippen MR) is 109 cm³/mol. The minimum absolute atomic E-state index is 0.0333. The molecule has 9 nitrogen and oxygen atoms in total. The molecule has 0 bridgehead atoms. The number of aryl methyl sites for hydroxylation is 1. The highest BCUT2D eigenvalue weighted by atomic mass is 16.2. The summed E-state index contributed by atoms with van der Waals surface area (Å²) < 4.78 is 1.58. The molecule has 1 aliphatic rings. The third-order valence-electron chi connectivity index (χ3n) is 4.94. The number of nitrogens with zero attached hydrogens (tertiary/aromatic N) is 5. The number of carbonyl (C=O) groups is 2.